The largest absolute Gasteiger partial charge is 0.508 e. The first-order valence-corrected chi connectivity index (χ1v) is 8.78. The highest BCUT2D eigenvalue weighted by atomic mass is 32.2. The molecular formula is C16H12N4O7S. The summed E-state index contributed by atoms with van der Waals surface area (Å²) in [7, 11) is 0. The molecule has 144 valence electrons. The first kappa shape index (κ1) is 19.1. The highest BCUT2D eigenvalue weighted by molar-refractivity contribution is 8.00. The van der Waals surface area contributed by atoms with Crippen molar-refractivity contribution in [2.75, 3.05) is 5.75 Å². The van der Waals surface area contributed by atoms with Crippen LogP contribution in [0.15, 0.2) is 42.5 Å². The van der Waals surface area contributed by atoms with Crippen LogP contribution in [0.5, 0.6) is 5.75 Å². The van der Waals surface area contributed by atoms with Crippen molar-refractivity contribution in [3.63, 3.8) is 0 Å². The van der Waals surface area contributed by atoms with Gasteiger partial charge in [0, 0.05) is 12.1 Å². The molecular weight excluding hydrogens is 392 g/mol. The molecule has 0 aliphatic carbocycles. The fraction of sp³-hybridized carbons (Fsp3) is 0.125. The number of nitro groups is 2. The van der Waals surface area contributed by atoms with Crippen molar-refractivity contribution in [2.24, 2.45) is 0 Å². The van der Waals surface area contributed by atoms with Gasteiger partial charge in [-0.05, 0) is 17.7 Å². The van der Waals surface area contributed by atoms with Gasteiger partial charge in [-0.3, -0.25) is 35.2 Å². The van der Waals surface area contributed by atoms with E-state index in [2.05, 4.69) is 5.43 Å². The van der Waals surface area contributed by atoms with Crippen molar-refractivity contribution in [2.45, 2.75) is 5.37 Å². The maximum Gasteiger partial charge on any atom is 0.277 e. The number of phenols is 1. The number of nitro benzene ring substituents is 2. The molecule has 2 aromatic carbocycles. The van der Waals surface area contributed by atoms with Crippen molar-refractivity contribution in [1.82, 2.24) is 10.4 Å². The fourth-order valence-electron chi connectivity index (χ4n) is 2.54. The van der Waals surface area contributed by atoms with E-state index in [4.69, 9.17) is 0 Å². The Hall–Kier alpha value is -3.67. The van der Waals surface area contributed by atoms with Crippen LogP contribution < -0.4 is 5.43 Å². The third-order valence-corrected chi connectivity index (χ3v) is 5.07. The average molecular weight is 404 g/mol. The minimum Gasteiger partial charge on any atom is -0.508 e. The van der Waals surface area contributed by atoms with E-state index in [0.717, 1.165) is 23.2 Å². The first-order chi connectivity index (χ1) is 13.3. The molecule has 28 heavy (non-hydrogen) atoms. The first-order valence-electron chi connectivity index (χ1n) is 7.73. The molecule has 1 unspecified atom stereocenters. The predicted molar refractivity (Wildman–Crippen MR) is 97.4 cm³/mol. The number of phenolic OH excluding ortho intramolecular Hbond substituents is 1. The molecule has 1 fully saturated rings. The number of aromatic hydroxyl groups is 1. The number of rotatable bonds is 5. The quantitative estimate of drug-likeness (QED) is 0.567. The molecule has 0 bridgehead atoms. The molecule has 12 heteroatoms. The molecule has 0 aromatic heterocycles. The third kappa shape index (κ3) is 3.86. The lowest BCUT2D eigenvalue weighted by atomic mass is 10.1. The number of carbonyl (C=O) groups excluding carboxylic acids is 2. The number of benzene rings is 2. The normalized spacial score (nSPS) is 16.1. The fourth-order valence-corrected chi connectivity index (χ4v) is 3.65. The number of nitrogens with zero attached hydrogens (tertiary/aromatic N) is 3. The number of hydrogen-bond acceptors (Lipinski definition) is 8. The topological polar surface area (TPSA) is 156 Å². The Bertz CT molecular complexity index is 947. The van der Waals surface area contributed by atoms with Crippen LogP contribution >= 0.6 is 11.8 Å². The summed E-state index contributed by atoms with van der Waals surface area (Å²) < 4.78 is 0. The van der Waals surface area contributed by atoms with E-state index >= 15 is 0 Å². The number of hydrogen-bond donors (Lipinski definition) is 2. The maximum atomic E-state index is 12.5. The summed E-state index contributed by atoms with van der Waals surface area (Å²) in [6.45, 7) is 0. The van der Waals surface area contributed by atoms with E-state index in [1.54, 1.807) is 12.1 Å². The Morgan fingerprint density at radius 1 is 1.11 bits per heavy atom. The van der Waals surface area contributed by atoms with Crippen LogP contribution in [0.3, 0.4) is 0 Å². The second kappa shape index (κ2) is 7.52. The van der Waals surface area contributed by atoms with Crippen LogP contribution in [0, 0.1) is 20.2 Å². The summed E-state index contributed by atoms with van der Waals surface area (Å²) in [6, 6.07) is 8.57. The lowest BCUT2D eigenvalue weighted by Crippen LogP contribution is -2.44. The van der Waals surface area contributed by atoms with Crippen molar-refractivity contribution in [1.29, 1.82) is 0 Å². The second-order valence-electron chi connectivity index (χ2n) is 5.71. The predicted octanol–water partition coefficient (Wildman–Crippen LogP) is 2.13. The van der Waals surface area contributed by atoms with Gasteiger partial charge in [-0.25, -0.2) is 5.01 Å². The van der Waals surface area contributed by atoms with Crippen molar-refractivity contribution in [3.05, 3.63) is 73.8 Å². The zero-order chi connectivity index (χ0) is 20.4. The molecule has 1 heterocycles. The number of amides is 2. The van der Waals surface area contributed by atoms with E-state index in [-0.39, 0.29) is 17.1 Å². The van der Waals surface area contributed by atoms with Crippen LogP contribution in [-0.4, -0.2) is 37.5 Å². The molecule has 1 aliphatic heterocycles. The lowest BCUT2D eigenvalue weighted by molar-refractivity contribution is -0.394. The molecule has 0 spiro atoms. The Morgan fingerprint density at radius 2 is 1.68 bits per heavy atom. The summed E-state index contributed by atoms with van der Waals surface area (Å²) in [5.74, 6) is -1.18. The summed E-state index contributed by atoms with van der Waals surface area (Å²) in [6.07, 6.45) is 0. The molecule has 0 saturated carbocycles. The molecule has 1 saturated heterocycles. The monoisotopic (exact) mass is 404 g/mol. The lowest BCUT2D eigenvalue weighted by Gasteiger charge is -2.24. The molecule has 2 aromatic rings. The van der Waals surface area contributed by atoms with E-state index in [9.17, 15) is 34.9 Å². The Labute approximate surface area is 161 Å². The SMILES string of the molecule is O=C(NN1C(=O)CSC1c1ccc(O)cc1)c1cc([N+](=O)[O-])cc([N+](=O)[O-])c1. The number of carbonyl (C=O) groups is 2. The van der Waals surface area contributed by atoms with Crippen LogP contribution in [0.2, 0.25) is 0 Å². The number of hydrazine groups is 1. The summed E-state index contributed by atoms with van der Waals surface area (Å²) in [4.78, 5) is 44.9. The van der Waals surface area contributed by atoms with Crippen LogP contribution in [0.25, 0.3) is 0 Å². The smallest absolute Gasteiger partial charge is 0.277 e. The van der Waals surface area contributed by atoms with Gasteiger partial charge in [-0.2, -0.15) is 0 Å². The summed E-state index contributed by atoms with van der Waals surface area (Å²) >= 11 is 1.23. The van der Waals surface area contributed by atoms with Crippen LogP contribution in [0.1, 0.15) is 21.3 Å². The summed E-state index contributed by atoms with van der Waals surface area (Å²) in [5, 5.41) is 31.8. The van der Waals surface area contributed by atoms with Gasteiger partial charge >= 0.3 is 0 Å². The molecule has 3 rings (SSSR count). The third-order valence-electron chi connectivity index (χ3n) is 3.85. The van der Waals surface area contributed by atoms with Gasteiger partial charge in [0.05, 0.1) is 27.2 Å². The highest BCUT2D eigenvalue weighted by Gasteiger charge is 2.35. The highest BCUT2D eigenvalue weighted by Crippen LogP contribution is 2.37. The van der Waals surface area contributed by atoms with Crippen molar-refractivity contribution < 1.29 is 24.5 Å². The zero-order valence-electron chi connectivity index (χ0n) is 14.0. The van der Waals surface area contributed by atoms with Crippen molar-refractivity contribution >= 4 is 35.0 Å². The van der Waals surface area contributed by atoms with E-state index < -0.39 is 38.4 Å². The number of nitrogens with one attached hydrogen (secondary N) is 1. The zero-order valence-corrected chi connectivity index (χ0v) is 14.8. The van der Waals surface area contributed by atoms with E-state index in [0.29, 0.717) is 5.56 Å². The van der Waals surface area contributed by atoms with Gasteiger partial charge in [0.2, 0.25) is 0 Å². The molecule has 2 amide bonds. The Morgan fingerprint density at radius 3 is 2.21 bits per heavy atom. The van der Waals surface area contributed by atoms with E-state index in [1.165, 1.54) is 23.9 Å². The summed E-state index contributed by atoms with van der Waals surface area (Å²) in [5.41, 5.74) is 1.44. The Kier molecular flexibility index (Phi) is 5.13. The molecule has 1 atom stereocenters. The van der Waals surface area contributed by atoms with Gasteiger partial charge in [-0.15, -0.1) is 11.8 Å². The minimum atomic E-state index is -0.897. The second-order valence-corrected chi connectivity index (χ2v) is 6.78. The molecule has 2 N–H and O–H groups in total. The maximum absolute atomic E-state index is 12.5. The van der Waals surface area contributed by atoms with E-state index in [1.807, 2.05) is 0 Å². The molecule has 1 aliphatic rings. The van der Waals surface area contributed by atoms with Crippen LogP contribution in [-0.2, 0) is 4.79 Å². The van der Waals surface area contributed by atoms with Gasteiger partial charge < -0.3 is 5.11 Å². The van der Waals surface area contributed by atoms with Gasteiger partial charge in [0.15, 0.2) is 0 Å². The van der Waals surface area contributed by atoms with Gasteiger partial charge in [0.25, 0.3) is 23.2 Å². The number of thioether (sulfide) groups is 1. The number of non-ortho nitro benzene ring substituents is 2. The minimum absolute atomic E-state index is 0.0394. The Balaban J connectivity index is 1.88. The van der Waals surface area contributed by atoms with Gasteiger partial charge in [-0.1, -0.05) is 12.1 Å². The van der Waals surface area contributed by atoms with Crippen LogP contribution in [0.4, 0.5) is 11.4 Å². The van der Waals surface area contributed by atoms with Crippen molar-refractivity contribution in [3.8, 4) is 5.75 Å². The molecule has 11 nitrogen and oxygen atoms in total. The molecule has 0 radical (unpaired) electrons. The van der Waals surface area contributed by atoms with Gasteiger partial charge in [0.1, 0.15) is 11.1 Å². The standard InChI is InChI=1S/C16H12N4O7S/c21-13-3-1-9(2-4-13)16-18(14(22)8-28-16)17-15(23)10-5-11(19(24)25)7-12(6-10)20(26)27/h1-7,16,21H,8H2,(H,17,23). The average Bonchev–Trinajstić information content (AvgIpc) is 3.02.